The first-order valence-corrected chi connectivity index (χ1v) is 7.22. The normalized spacial score (nSPS) is 14.2. The van der Waals surface area contributed by atoms with Gasteiger partial charge in [-0.1, -0.05) is 46.2 Å². The molecule has 0 N–H and O–H groups in total. The molecule has 106 valence electrons. The summed E-state index contributed by atoms with van der Waals surface area (Å²) in [6, 6.07) is 7.96. The second-order valence-electron chi connectivity index (χ2n) is 5.77. The molecule has 0 radical (unpaired) electrons. The first-order valence-electron chi connectivity index (χ1n) is 7.22. The highest BCUT2D eigenvalue weighted by Crippen LogP contribution is 2.33. The maximum atomic E-state index is 11.0. The van der Waals surface area contributed by atoms with Crippen LogP contribution in [0.4, 0.5) is 0 Å². The van der Waals surface area contributed by atoms with Gasteiger partial charge in [0, 0.05) is 6.92 Å². The summed E-state index contributed by atoms with van der Waals surface area (Å²) in [6.45, 7) is 10.5. The van der Waals surface area contributed by atoms with Crippen molar-refractivity contribution in [2.75, 3.05) is 0 Å². The fourth-order valence-electron chi connectivity index (χ4n) is 2.37. The Morgan fingerprint density at radius 3 is 2.47 bits per heavy atom. The van der Waals surface area contributed by atoms with Crippen molar-refractivity contribution in [2.24, 2.45) is 11.8 Å². The molecule has 0 heterocycles. The Morgan fingerprint density at radius 2 is 1.95 bits per heavy atom. The molecule has 1 aromatic rings. The van der Waals surface area contributed by atoms with Gasteiger partial charge in [0.1, 0.15) is 5.75 Å². The average molecular weight is 262 g/mol. The predicted octanol–water partition coefficient (Wildman–Crippen LogP) is 4.79. The van der Waals surface area contributed by atoms with Gasteiger partial charge in [-0.3, -0.25) is 4.79 Å². The maximum absolute atomic E-state index is 11.0. The number of ether oxygens (including phenoxy) is 1. The van der Waals surface area contributed by atoms with E-state index in [-0.39, 0.29) is 5.97 Å². The molecule has 0 aromatic heterocycles. The molecule has 0 aliphatic carbocycles. The van der Waals surface area contributed by atoms with Crippen molar-refractivity contribution in [1.29, 1.82) is 0 Å². The highest BCUT2D eigenvalue weighted by molar-refractivity contribution is 5.69. The van der Waals surface area contributed by atoms with Crippen LogP contribution in [0.1, 0.15) is 58.9 Å². The molecule has 0 spiro atoms. The lowest BCUT2D eigenvalue weighted by atomic mass is 9.81. The molecule has 0 bridgehead atoms. The fourth-order valence-corrected chi connectivity index (χ4v) is 2.37. The molecule has 2 atom stereocenters. The van der Waals surface area contributed by atoms with E-state index in [4.69, 9.17) is 4.74 Å². The Kier molecular flexibility index (Phi) is 6.07. The van der Waals surface area contributed by atoms with Crippen molar-refractivity contribution < 1.29 is 9.53 Å². The molecular weight excluding hydrogens is 236 g/mol. The quantitative estimate of drug-likeness (QED) is 0.544. The molecule has 0 amide bonds. The maximum Gasteiger partial charge on any atom is 0.308 e. The van der Waals surface area contributed by atoms with Crippen LogP contribution in [-0.2, 0) is 4.79 Å². The Labute approximate surface area is 117 Å². The van der Waals surface area contributed by atoms with Crippen LogP contribution >= 0.6 is 0 Å². The number of rotatable bonds is 6. The smallest absolute Gasteiger partial charge is 0.308 e. The number of esters is 1. The Bertz CT molecular complexity index is 409. The van der Waals surface area contributed by atoms with Crippen LogP contribution < -0.4 is 4.74 Å². The van der Waals surface area contributed by atoms with E-state index in [1.165, 1.54) is 25.3 Å². The average Bonchev–Trinajstić information content (AvgIpc) is 2.34. The van der Waals surface area contributed by atoms with Crippen molar-refractivity contribution in [3.8, 4) is 5.75 Å². The van der Waals surface area contributed by atoms with Gasteiger partial charge in [-0.25, -0.2) is 0 Å². The molecule has 2 unspecified atom stereocenters. The van der Waals surface area contributed by atoms with E-state index in [2.05, 4.69) is 33.8 Å². The largest absolute Gasteiger partial charge is 0.427 e. The van der Waals surface area contributed by atoms with Crippen molar-refractivity contribution in [1.82, 2.24) is 0 Å². The zero-order valence-corrected chi connectivity index (χ0v) is 12.8. The lowest BCUT2D eigenvalue weighted by Crippen LogP contribution is -2.11. The van der Waals surface area contributed by atoms with Crippen LogP contribution in [0.3, 0.4) is 0 Å². The number of carbonyl (C=O) groups excluding carboxylic acids is 1. The summed E-state index contributed by atoms with van der Waals surface area (Å²) in [5.41, 5.74) is 1.27. The first-order chi connectivity index (χ1) is 8.93. The minimum absolute atomic E-state index is 0.264. The summed E-state index contributed by atoms with van der Waals surface area (Å²) in [5, 5.41) is 0. The first kappa shape index (κ1) is 15.7. The molecule has 19 heavy (non-hydrogen) atoms. The second kappa shape index (κ2) is 7.32. The van der Waals surface area contributed by atoms with Crippen LogP contribution in [0, 0.1) is 11.8 Å². The zero-order chi connectivity index (χ0) is 14.4. The van der Waals surface area contributed by atoms with Gasteiger partial charge in [0.25, 0.3) is 0 Å². The monoisotopic (exact) mass is 262 g/mol. The molecule has 0 fully saturated rings. The van der Waals surface area contributed by atoms with Crippen LogP contribution in [0.5, 0.6) is 5.75 Å². The Hall–Kier alpha value is -1.31. The summed E-state index contributed by atoms with van der Waals surface area (Å²) in [4.78, 5) is 11.0. The number of hydrogen-bond donors (Lipinski definition) is 0. The van der Waals surface area contributed by atoms with E-state index in [0.29, 0.717) is 23.5 Å². The zero-order valence-electron chi connectivity index (χ0n) is 12.8. The van der Waals surface area contributed by atoms with Gasteiger partial charge in [-0.05, 0) is 41.9 Å². The third kappa shape index (κ3) is 5.06. The molecular formula is C17H26O2. The van der Waals surface area contributed by atoms with Gasteiger partial charge in [0.2, 0.25) is 0 Å². The minimum atomic E-state index is -0.264. The van der Waals surface area contributed by atoms with E-state index >= 15 is 0 Å². The van der Waals surface area contributed by atoms with Gasteiger partial charge >= 0.3 is 5.97 Å². The highest BCUT2D eigenvalue weighted by Gasteiger charge is 2.19. The van der Waals surface area contributed by atoms with E-state index in [9.17, 15) is 4.79 Å². The molecule has 0 saturated carbocycles. The molecule has 2 heteroatoms. The fraction of sp³-hybridized carbons (Fsp3) is 0.588. The van der Waals surface area contributed by atoms with E-state index in [1.807, 2.05) is 18.2 Å². The topological polar surface area (TPSA) is 26.3 Å². The van der Waals surface area contributed by atoms with Crippen LogP contribution in [0.2, 0.25) is 0 Å². The molecule has 0 saturated heterocycles. The van der Waals surface area contributed by atoms with Crippen molar-refractivity contribution in [2.45, 2.75) is 53.4 Å². The van der Waals surface area contributed by atoms with Gasteiger partial charge in [-0.2, -0.15) is 0 Å². The number of hydrogen-bond acceptors (Lipinski definition) is 2. The molecule has 2 nitrogen and oxygen atoms in total. The Balaban J connectivity index is 2.92. The summed E-state index contributed by atoms with van der Waals surface area (Å²) < 4.78 is 5.18. The third-order valence-electron chi connectivity index (χ3n) is 3.71. The molecule has 0 aliphatic heterocycles. The lowest BCUT2D eigenvalue weighted by molar-refractivity contribution is -0.131. The SMILES string of the molecule is CCC(C)CC(c1cccc(OC(C)=O)c1)C(C)C. The lowest BCUT2D eigenvalue weighted by Gasteiger charge is -2.24. The summed E-state index contributed by atoms with van der Waals surface area (Å²) in [6.07, 6.45) is 2.38. The molecule has 1 aromatic carbocycles. The Morgan fingerprint density at radius 1 is 1.26 bits per heavy atom. The van der Waals surface area contributed by atoms with E-state index in [0.717, 1.165) is 0 Å². The van der Waals surface area contributed by atoms with Crippen LogP contribution in [-0.4, -0.2) is 5.97 Å². The standard InChI is InChI=1S/C17H26O2/c1-6-13(4)10-17(12(2)3)15-8-7-9-16(11-15)19-14(5)18/h7-9,11-13,17H,6,10H2,1-5H3. The van der Waals surface area contributed by atoms with E-state index < -0.39 is 0 Å². The van der Waals surface area contributed by atoms with Crippen molar-refractivity contribution >= 4 is 5.97 Å². The highest BCUT2D eigenvalue weighted by atomic mass is 16.5. The van der Waals surface area contributed by atoms with E-state index in [1.54, 1.807) is 0 Å². The molecule has 1 rings (SSSR count). The van der Waals surface area contributed by atoms with Gasteiger partial charge in [-0.15, -0.1) is 0 Å². The van der Waals surface area contributed by atoms with Gasteiger partial charge in [0.15, 0.2) is 0 Å². The minimum Gasteiger partial charge on any atom is -0.427 e. The number of carbonyl (C=O) groups is 1. The van der Waals surface area contributed by atoms with Crippen LogP contribution in [0.25, 0.3) is 0 Å². The van der Waals surface area contributed by atoms with Gasteiger partial charge in [0.05, 0.1) is 0 Å². The second-order valence-corrected chi connectivity index (χ2v) is 5.77. The third-order valence-corrected chi connectivity index (χ3v) is 3.71. The number of benzene rings is 1. The van der Waals surface area contributed by atoms with Crippen LogP contribution in [0.15, 0.2) is 24.3 Å². The van der Waals surface area contributed by atoms with Gasteiger partial charge < -0.3 is 4.74 Å². The van der Waals surface area contributed by atoms with Crippen molar-refractivity contribution in [3.05, 3.63) is 29.8 Å². The predicted molar refractivity (Wildman–Crippen MR) is 79.4 cm³/mol. The van der Waals surface area contributed by atoms with Crippen molar-refractivity contribution in [3.63, 3.8) is 0 Å². The summed E-state index contributed by atoms with van der Waals surface area (Å²) in [5.74, 6) is 2.21. The summed E-state index contributed by atoms with van der Waals surface area (Å²) >= 11 is 0. The summed E-state index contributed by atoms with van der Waals surface area (Å²) in [7, 11) is 0. The molecule has 0 aliphatic rings.